The van der Waals surface area contributed by atoms with Crippen LogP contribution in [0, 0.1) is 11.3 Å². The number of amides is 1. The number of nitriles is 1. The number of benzene rings is 3. The molecule has 0 spiro atoms. The number of nitrogens with two attached hydrogens (primary N) is 1. The number of carbonyl (C=O) groups is 1. The lowest BCUT2D eigenvalue weighted by Gasteiger charge is -2.25. The van der Waals surface area contributed by atoms with E-state index in [0.29, 0.717) is 18.7 Å². The van der Waals surface area contributed by atoms with E-state index < -0.39 is 5.92 Å². The van der Waals surface area contributed by atoms with Gasteiger partial charge in [-0.2, -0.15) is 5.26 Å². The molecule has 0 saturated heterocycles. The Labute approximate surface area is 174 Å². The Morgan fingerprint density at radius 3 is 2.53 bits per heavy atom. The van der Waals surface area contributed by atoms with E-state index >= 15 is 0 Å². The SMILES string of the molecule is N#CC1=C(N)OC2=C(CN(Cc3ccccc3)C2=O)C1c1ccc2ccccc2c1. The van der Waals surface area contributed by atoms with Crippen LogP contribution in [0.1, 0.15) is 17.0 Å². The highest BCUT2D eigenvalue weighted by atomic mass is 16.5. The normalized spacial score (nSPS) is 18.4. The molecule has 0 bridgehead atoms. The van der Waals surface area contributed by atoms with Gasteiger partial charge in [0.25, 0.3) is 5.91 Å². The summed E-state index contributed by atoms with van der Waals surface area (Å²) >= 11 is 0. The van der Waals surface area contributed by atoms with Crippen LogP contribution in [0.5, 0.6) is 0 Å². The molecule has 3 aromatic carbocycles. The van der Waals surface area contributed by atoms with Crippen molar-refractivity contribution in [3.05, 3.63) is 107 Å². The number of carbonyl (C=O) groups excluding carboxylic acids is 1. The molecule has 2 aliphatic rings. The number of allylic oxidation sites excluding steroid dienone is 1. The minimum absolute atomic E-state index is 0.00400. The van der Waals surface area contributed by atoms with Crippen molar-refractivity contribution in [2.75, 3.05) is 6.54 Å². The third kappa shape index (κ3) is 2.90. The first-order valence-electron chi connectivity index (χ1n) is 9.78. The second-order valence-electron chi connectivity index (χ2n) is 7.53. The molecule has 2 aliphatic heterocycles. The Bertz CT molecular complexity index is 1270. The summed E-state index contributed by atoms with van der Waals surface area (Å²) in [5, 5.41) is 12.0. The predicted octanol–water partition coefficient (Wildman–Crippen LogP) is 3.94. The first kappa shape index (κ1) is 18.0. The van der Waals surface area contributed by atoms with Crippen molar-refractivity contribution in [3.63, 3.8) is 0 Å². The molecule has 0 fully saturated rings. The molecule has 5 nitrogen and oxygen atoms in total. The Kier molecular flexibility index (Phi) is 4.26. The number of nitrogens with zero attached hydrogens (tertiary/aromatic N) is 2. The van der Waals surface area contributed by atoms with Gasteiger partial charge < -0.3 is 15.4 Å². The highest BCUT2D eigenvalue weighted by Crippen LogP contribution is 2.43. The topological polar surface area (TPSA) is 79.4 Å². The molecule has 1 atom stereocenters. The van der Waals surface area contributed by atoms with Gasteiger partial charge in [0.2, 0.25) is 5.88 Å². The highest BCUT2D eigenvalue weighted by molar-refractivity contribution is 5.96. The van der Waals surface area contributed by atoms with Crippen LogP contribution in [-0.4, -0.2) is 17.4 Å². The summed E-state index contributed by atoms with van der Waals surface area (Å²) in [6.45, 7) is 0.876. The van der Waals surface area contributed by atoms with E-state index in [1.165, 1.54) is 0 Å². The average molecular weight is 393 g/mol. The number of hydrogen-bond donors (Lipinski definition) is 1. The monoisotopic (exact) mass is 393 g/mol. The molecule has 2 heterocycles. The van der Waals surface area contributed by atoms with Crippen molar-refractivity contribution in [2.45, 2.75) is 12.5 Å². The molecule has 1 amide bonds. The Hall–Kier alpha value is -4.04. The summed E-state index contributed by atoms with van der Waals surface area (Å²) in [6, 6.07) is 26.2. The van der Waals surface area contributed by atoms with Crippen molar-refractivity contribution < 1.29 is 9.53 Å². The minimum Gasteiger partial charge on any atom is -0.435 e. The zero-order valence-electron chi connectivity index (χ0n) is 16.2. The summed E-state index contributed by atoms with van der Waals surface area (Å²) in [4.78, 5) is 14.8. The molecular formula is C25H19N3O2. The van der Waals surface area contributed by atoms with Crippen LogP contribution in [0.2, 0.25) is 0 Å². The van der Waals surface area contributed by atoms with E-state index in [1.54, 1.807) is 4.90 Å². The second kappa shape index (κ2) is 7.09. The van der Waals surface area contributed by atoms with Crippen LogP contribution in [0.3, 0.4) is 0 Å². The van der Waals surface area contributed by atoms with Crippen LogP contribution in [0.25, 0.3) is 10.8 Å². The van der Waals surface area contributed by atoms with Gasteiger partial charge in [-0.15, -0.1) is 0 Å². The van der Waals surface area contributed by atoms with Crippen LogP contribution in [-0.2, 0) is 16.1 Å². The van der Waals surface area contributed by atoms with Gasteiger partial charge in [-0.25, -0.2) is 0 Å². The van der Waals surface area contributed by atoms with E-state index in [2.05, 4.69) is 12.1 Å². The van der Waals surface area contributed by atoms with Gasteiger partial charge in [0.05, 0.1) is 5.92 Å². The van der Waals surface area contributed by atoms with E-state index in [4.69, 9.17) is 10.5 Å². The molecular weight excluding hydrogens is 374 g/mol. The predicted molar refractivity (Wildman–Crippen MR) is 113 cm³/mol. The van der Waals surface area contributed by atoms with E-state index in [-0.39, 0.29) is 17.5 Å². The molecule has 2 N–H and O–H groups in total. The third-order valence-corrected chi connectivity index (χ3v) is 5.69. The first-order valence-corrected chi connectivity index (χ1v) is 9.78. The average Bonchev–Trinajstić information content (AvgIpc) is 3.08. The second-order valence-corrected chi connectivity index (χ2v) is 7.53. The van der Waals surface area contributed by atoms with Gasteiger partial charge in [-0.05, 0) is 21.9 Å². The summed E-state index contributed by atoms with van der Waals surface area (Å²) < 4.78 is 5.66. The number of rotatable bonds is 3. The largest absolute Gasteiger partial charge is 0.435 e. The zero-order valence-corrected chi connectivity index (χ0v) is 16.2. The Balaban J connectivity index is 1.55. The molecule has 0 saturated carbocycles. The number of ether oxygens (including phenoxy) is 1. The fraction of sp³-hybridized carbons (Fsp3) is 0.120. The minimum atomic E-state index is -0.395. The molecule has 5 heteroatoms. The maximum absolute atomic E-state index is 13.1. The van der Waals surface area contributed by atoms with E-state index in [0.717, 1.165) is 27.5 Å². The summed E-state index contributed by atoms with van der Waals surface area (Å²) in [5.41, 5.74) is 9.18. The molecule has 5 rings (SSSR count). The molecule has 1 unspecified atom stereocenters. The summed E-state index contributed by atoms with van der Waals surface area (Å²) in [6.07, 6.45) is 0. The van der Waals surface area contributed by atoms with Gasteiger partial charge in [0, 0.05) is 18.7 Å². The fourth-order valence-electron chi connectivity index (χ4n) is 4.25. The van der Waals surface area contributed by atoms with Crippen LogP contribution in [0.4, 0.5) is 0 Å². The molecule has 0 radical (unpaired) electrons. The lowest BCUT2D eigenvalue weighted by Crippen LogP contribution is -2.27. The van der Waals surface area contributed by atoms with Crippen LogP contribution >= 0.6 is 0 Å². The highest BCUT2D eigenvalue weighted by Gasteiger charge is 2.42. The number of fused-ring (bicyclic) bond motifs is 1. The van der Waals surface area contributed by atoms with Crippen molar-refractivity contribution in [1.82, 2.24) is 4.90 Å². The lowest BCUT2D eigenvalue weighted by atomic mass is 9.83. The molecule has 3 aromatic rings. The third-order valence-electron chi connectivity index (χ3n) is 5.69. The number of hydrogen-bond acceptors (Lipinski definition) is 4. The van der Waals surface area contributed by atoms with Crippen LogP contribution < -0.4 is 5.73 Å². The molecule has 0 aromatic heterocycles. The van der Waals surface area contributed by atoms with Gasteiger partial charge >= 0.3 is 0 Å². The van der Waals surface area contributed by atoms with Gasteiger partial charge in [-0.1, -0.05) is 72.8 Å². The molecule has 30 heavy (non-hydrogen) atoms. The van der Waals surface area contributed by atoms with Gasteiger partial charge in [0.1, 0.15) is 11.6 Å². The first-order chi connectivity index (χ1) is 14.7. The van der Waals surface area contributed by atoms with Crippen molar-refractivity contribution in [1.29, 1.82) is 5.26 Å². The van der Waals surface area contributed by atoms with Crippen molar-refractivity contribution in [2.24, 2.45) is 5.73 Å². The van der Waals surface area contributed by atoms with Crippen LogP contribution in [0.15, 0.2) is 95.6 Å². The van der Waals surface area contributed by atoms with Gasteiger partial charge in [0.15, 0.2) is 5.76 Å². The maximum atomic E-state index is 13.1. The van der Waals surface area contributed by atoms with Gasteiger partial charge in [-0.3, -0.25) is 4.79 Å². The standard InChI is InChI=1S/C25H19N3O2/c26-13-20-22(19-11-10-17-8-4-5-9-18(17)12-19)21-15-28(14-16-6-2-1-3-7-16)25(29)23(21)30-24(20)27/h1-12,22H,14-15,27H2. The van der Waals surface area contributed by atoms with E-state index in [1.807, 2.05) is 66.7 Å². The smallest absolute Gasteiger partial charge is 0.290 e. The Morgan fingerprint density at radius 1 is 1.03 bits per heavy atom. The Morgan fingerprint density at radius 2 is 1.77 bits per heavy atom. The fourth-order valence-corrected chi connectivity index (χ4v) is 4.25. The molecule has 146 valence electrons. The van der Waals surface area contributed by atoms with E-state index in [9.17, 15) is 10.1 Å². The lowest BCUT2D eigenvalue weighted by molar-refractivity contribution is -0.128. The quantitative estimate of drug-likeness (QED) is 0.731. The van der Waals surface area contributed by atoms with Crippen molar-refractivity contribution in [3.8, 4) is 6.07 Å². The maximum Gasteiger partial charge on any atom is 0.290 e. The molecule has 0 aliphatic carbocycles. The van der Waals surface area contributed by atoms with Crippen molar-refractivity contribution >= 4 is 16.7 Å². The zero-order chi connectivity index (χ0) is 20.7. The summed E-state index contributed by atoms with van der Waals surface area (Å²) in [7, 11) is 0. The summed E-state index contributed by atoms with van der Waals surface area (Å²) in [5.74, 6) is -0.336.